The van der Waals surface area contributed by atoms with Gasteiger partial charge in [0.25, 0.3) is 0 Å². The Morgan fingerprint density at radius 2 is 1.97 bits per heavy atom. The van der Waals surface area contributed by atoms with Crippen molar-refractivity contribution >= 4 is 21.6 Å². The average molecular weight is 434 g/mol. The topological polar surface area (TPSA) is 84.5 Å². The second kappa shape index (κ2) is 7.70. The van der Waals surface area contributed by atoms with Crippen molar-refractivity contribution in [2.24, 2.45) is 0 Å². The van der Waals surface area contributed by atoms with Crippen molar-refractivity contribution in [1.82, 2.24) is 14.5 Å². The van der Waals surface area contributed by atoms with Crippen molar-refractivity contribution in [2.45, 2.75) is 17.9 Å². The smallest absolute Gasteiger partial charge is 0.247 e. The van der Waals surface area contributed by atoms with Crippen molar-refractivity contribution in [3.63, 3.8) is 0 Å². The lowest BCUT2D eigenvalue weighted by atomic mass is 10.0. The van der Waals surface area contributed by atoms with Crippen LogP contribution in [0.2, 0.25) is 5.02 Å². The van der Waals surface area contributed by atoms with Crippen LogP contribution in [0.15, 0.2) is 47.4 Å². The number of nitrogens with one attached hydrogen (secondary N) is 1. The van der Waals surface area contributed by atoms with Gasteiger partial charge in [-0.25, -0.2) is 8.42 Å². The molecule has 9 heteroatoms. The number of halogens is 1. The summed E-state index contributed by atoms with van der Waals surface area (Å²) >= 11 is 6.12. The summed E-state index contributed by atoms with van der Waals surface area (Å²) in [5, 5.41) is 8.04. The van der Waals surface area contributed by atoms with Crippen LogP contribution in [0.3, 0.4) is 0 Å². The van der Waals surface area contributed by atoms with E-state index < -0.39 is 10.0 Å². The predicted octanol–water partition coefficient (Wildman–Crippen LogP) is 3.49. The summed E-state index contributed by atoms with van der Waals surface area (Å²) < 4.78 is 38.7. The molecular formula is C20H20ClN3O4S. The fraction of sp³-hybridized carbons (Fsp3) is 0.250. The van der Waals surface area contributed by atoms with Gasteiger partial charge in [-0.1, -0.05) is 23.7 Å². The van der Waals surface area contributed by atoms with Gasteiger partial charge in [-0.05, 0) is 24.3 Å². The van der Waals surface area contributed by atoms with Crippen molar-refractivity contribution in [2.75, 3.05) is 20.8 Å². The highest BCUT2D eigenvalue weighted by Gasteiger charge is 2.33. The maximum absolute atomic E-state index is 13.4. The molecule has 4 rings (SSSR count). The highest BCUT2D eigenvalue weighted by molar-refractivity contribution is 7.89. The first-order valence-electron chi connectivity index (χ1n) is 8.98. The zero-order valence-corrected chi connectivity index (χ0v) is 17.5. The second-order valence-electron chi connectivity index (χ2n) is 6.65. The van der Waals surface area contributed by atoms with Crippen LogP contribution in [-0.2, 0) is 23.0 Å². The van der Waals surface area contributed by atoms with Gasteiger partial charge in [-0.3, -0.25) is 5.10 Å². The zero-order valence-electron chi connectivity index (χ0n) is 16.0. The van der Waals surface area contributed by atoms with Crippen LogP contribution in [0.4, 0.5) is 0 Å². The number of aromatic amines is 1. The zero-order chi connectivity index (χ0) is 20.6. The van der Waals surface area contributed by atoms with E-state index in [1.165, 1.54) is 24.6 Å². The minimum absolute atomic E-state index is 0.0793. The van der Waals surface area contributed by atoms with E-state index in [1.807, 2.05) is 18.2 Å². The van der Waals surface area contributed by atoms with E-state index in [1.54, 1.807) is 18.2 Å². The molecule has 152 valence electrons. The summed E-state index contributed by atoms with van der Waals surface area (Å²) in [4.78, 5) is 0.0793. The molecule has 0 aliphatic carbocycles. The summed E-state index contributed by atoms with van der Waals surface area (Å²) in [6.45, 7) is 0.545. The number of fused-ring (bicyclic) bond motifs is 1. The number of rotatable bonds is 5. The summed E-state index contributed by atoms with van der Waals surface area (Å²) in [5.41, 5.74) is 3.33. The lowest BCUT2D eigenvalue weighted by Crippen LogP contribution is -2.36. The van der Waals surface area contributed by atoms with E-state index in [-0.39, 0.29) is 17.2 Å². The molecule has 0 spiro atoms. The second-order valence-corrected chi connectivity index (χ2v) is 8.99. The number of nitrogens with zero attached hydrogens (tertiary/aromatic N) is 2. The standard InChI is InChI=1S/C20H20ClN3O4S/c1-27-15-6-7-18(28-2)19(11-15)29(25,26)24-9-8-17-16(12-24)20(23-22-17)13-4-3-5-14(21)10-13/h3-7,10-11H,8-9,12H2,1-2H3,(H,22,23). The Bertz CT molecular complexity index is 1160. The quantitative estimate of drug-likeness (QED) is 0.665. The molecule has 7 nitrogen and oxygen atoms in total. The van der Waals surface area contributed by atoms with Crippen LogP contribution >= 0.6 is 11.6 Å². The lowest BCUT2D eigenvalue weighted by Gasteiger charge is -2.27. The Labute approximate surface area is 174 Å². The van der Waals surface area contributed by atoms with Gasteiger partial charge in [-0.15, -0.1) is 0 Å². The van der Waals surface area contributed by atoms with Gasteiger partial charge < -0.3 is 9.47 Å². The number of hydrogen-bond donors (Lipinski definition) is 1. The number of benzene rings is 2. The number of sulfonamides is 1. The molecular weight excluding hydrogens is 414 g/mol. The van der Waals surface area contributed by atoms with Crippen molar-refractivity contribution < 1.29 is 17.9 Å². The van der Waals surface area contributed by atoms with Gasteiger partial charge in [0, 0.05) is 47.4 Å². The van der Waals surface area contributed by atoms with E-state index in [4.69, 9.17) is 21.1 Å². The highest BCUT2D eigenvalue weighted by atomic mass is 35.5. The number of aromatic nitrogens is 2. The molecule has 1 aromatic heterocycles. The van der Waals surface area contributed by atoms with E-state index in [9.17, 15) is 8.42 Å². The molecule has 0 unspecified atom stereocenters. The molecule has 1 N–H and O–H groups in total. The van der Waals surface area contributed by atoms with Gasteiger partial charge in [0.1, 0.15) is 16.4 Å². The van der Waals surface area contributed by atoms with Crippen LogP contribution in [0, 0.1) is 0 Å². The van der Waals surface area contributed by atoms with Gasteiger partial charge in [-0.2, -0.15) is 9.40 Å². The van der Waals surface area contributed by atoms with E-state index in [2.05, 4.69) is 10.2 Å². The highest BCUT2D eigenvalue weighted by Crippen LogP contribution is 2.35. The largest absolute Gasteiger partial charge is 0.497 e. The minimum atomic E-state index is -3.80. The van der Waals surface area contributed by atoms with Crippen LogP contribution in [0.25, 0.3) is 11.3 Å². The van der Waals surface area contributed by atoms with E-state index in [0.29, 0.717) is 29.4 Å². The van der Waals surface area contributed by atoms with E-state index in [0.717, 1.165) is 16.8 Å². The first-order chi connectivity index (χ1) is 13.9. The van der Waals surface area contributed by atoms with Crippen LogP contribution in [-0.4, -0.2) is 43.7 Å². The van der Waals surface area contributed by atoms with Gasteiger partial charge >= 0.3 is 0 Å². The number of H-pyrrole nitrogens is 1. The van der Waals surface area contributed by atoms with Crippen LogP contribution in [0.5, 0.6) is 11.5 Å². The van der Waals surface area contributed by atoms with Crippen LogP contribution < -0.4 is 9.47 Å². The average Bonchev–Trinajstić information content (AvgIpc) is 3.16. The molecule has 2 aromatic carbocycles. The van der Waals surface area contributed by atoms with Gasteiger partial charge in [0.2, 0.25) is 10.0 Å². The first-order valence-corrected chi connectivity index (χ1v) is 10.8. The Hall–Kier alpha value is -2.55. The van der Waals surface area contributed by atoms with Crippen molar-refractivity contribution in [3.05, 3.63) is 58.7 Å². The third-order valence-corrected chi connectivity index (χ3v) is 7.09. The molecule has 0 atom stereocenters. The Kier molecular flexibility index (Phi) is 5.24. The fourth-order valence-electron chi connectivity index (χ4n) is 3.47. The Morgan fingerprint density at radius 1 is 1.14 bits per heavy atom. The molecule has 0 bridgehead atoms. The van der Waals surface area contributed by atoms with Crippen LogP contribution in [0.1, 0.15) is 11.3 Å². The monoisotopic (exact) mass is 433 g/mol. The van der Waals surface area contributed by atoms with Gasteiger partial charge in [0.05, 0.1) is 19.9 Å². The molecule has 29 heavy (non-hydrogen) atoms. The Balaban J connectivity index is 1.73. The maximum Gasteiger partial charge on any atom is 0.247 e. The normalized spacial score (nSPS) is 14.4. The summed E-state index contributed by atoms with van der Waals surface area (Å²) in [7, 11) is -0.863. The van der Waals surface area contributed by atoms with Crippen molar-refractivity contribution in [1.29, 1.82) is 0 Å². The lowest BCUT2D eigenvalue weighted by molar-refractivity contribution is 0.373. The molecule has 1 aliphatic heterocycles. The third-order valence-electron chi connectivity index (χ3n) is 4.99. The first kappa shape index (κ1) is 19.8. The molecule has 0 saturated carbocycles. The third kappa shape index (κ3) is 3.59. The predicted molar refractivity (Wildman–Crippen MR) is 110 cm³/mol. The molecule has 0 saturated heterocycles. The molecule has 3 aromatic rings. The number of hydrogen-bond acceptors (Lipinski definition) is 5. The molecule has 0 amide bonds. The summed E-state index contributed by atoms with van der Waals surface area (Å²) in [6, 6.07) is 12.1. The number of methoxy groups -OCH3 is 2. The Morgan fingerprint density at radius 3 is 2.69 bits per heavy atom. The van der Waals surface area contributed by atoms with E-state index >= 15 is 0 Å². The fourth-order valence-corrected chi connectivity index (χ4v) is 5.24. The molecule has 2 heterocycles. The molecule has 0 radical (unpaired) electrons. The summed E-state index contributed by atoms with van der Waals surface area (Å²) in [5.74, 6) is 0.726. The molecule has 0 fully saturated rings. The van der Waals surface area contributed by atoms with Crippen molar-refractivity contribution in [3.8, 4) is 22.8 Å². The maximum atomic E-state index is 13.4. The molecule has 1 aliphatic rings. The van der Waals surface area contributed by atoms with Gasteiger partial charge in [0.15, 0.2) is 0 Å². The number of ether oxygens (including phenoxy) is 2. The SMILES string of the molecule is COc1ccc(OC)c(S(=O)(=O)N2CCc3[nH]nc(-c4cccc(Cl)c4)c3C2)c1. The summed E-state index contributed by atoms with van der Waals surface area (Å²) in [6.07, 6.45) is 0.536. The minimum Gasteiger partial charge on any atom is -0.497 e.